The van der Waals surface area contributed by atoms with E-state index in [1.54, 1.807) is 6.07 Å². The molecule has 1 spiro atoms. The SMILES string of the molecule is NNC(c1cccc(F)c1Br)C1CCOC2(CCC2)C1. The number of benzene rings is 1. The third-order valence-electron chi connectivity index (χ3n) is 4.76. The Bertz CT molecular complexity index is 493. The lowest BCUT2D eigenvalue weighted by Gasteiger charge is -2.48. The summed E-state index contributed by atoms with van der Waals surface area (Å²) in [5.74, 6) is 5.91. The van der Waals surface area contributed by atoms with Gasteiger partial charge in [-0.25, -0.2) is 4.39 Å². The van der Waals surface area contributed by atoms with Crippen molar-refractivity contribution >= 4 is 15.9 Å². The van der Waals surface area contributed by atoms with Crippen LogP contribution in [0.3, 0.4) is 0 Å². The van der Waals surface area contributed by atoms with Crippen LogP contribution in [0.15, 0.2) is 22.7 Å². The highest BCUT2D eigenvalue weighted by Gasteiger charge is 2.44. The minimum Gasteiger partial charge on any atom is -0.375 e. The van der Waals surface area contributed by atoms with Crippen LogP contribution in [0, 0.1) is 11.7 Å². The Hall–Kier alpha value is -0.490. The van der Waals surface area contributed by atoms with Crippen molar-refractivity contribution in [1.29, 1.82) is 0 Å². The quantitative estimate of drug-likeness (QED) is 0.653. The Balaban J connectivity index is 1.84. The van der Waals surface area contributed by atoms with Gasteiger partial charge in [0.1, 0.15) is 5.82 Å². The molecule has 0 radical (unpaired) electrons. The van der Waals surface area contributed by atoms with Crippen molar-refractivity contribution in [3.05, 3.63) is 34.1 Å². The van der Waals surface area contributed by atoms with Crippen molar-refractivity contribution in [2.24, 2.45) is 11.8 Å². The van der Waals surface area contributed by atoms with E-state index >= 15 is 0 Å². The van der Waals surface area contributed by atoms with E-state index < -0.39 is 0 Å². The van der Waals surface area contributed by atoms with Gasteiger partial charge in [0.15, 0.2) is 0 Å². The summed E-state index contributed by atoms with van der Waals surface area (Å²) in [6.07, 6.45) is 5.50. The third-order valence-corrected chi connectivity index (χ3v) is 5.60. The second-order valence-corrected chi connectivity index (χ2v) is 6.72. The molecule has 3 nitrogen and oxygen atoms in total. The van der Waals surface area contributed by atoms with Crippen molar-refractivity contribution in [3.8, 4) is 0 Å². The minimum absolute atomic E-state index is 0.0403. The summed E-state index contributed by atoms with van der Waals surface area (Å²) < 4.78 is 20.2. The maximum absolute atomic E-state index is 13.7. The fourth-order valence-electron chi connectivity index (χ4n) is 3.51. The summed E-state index contributed by atoms with van der Waals surface area (Å²) in [4.78, 5) is 0. The normalized spacial score (nSPS) is 26.2. The molecule has 3 rings (SSSR count). The van der Waals surface area contributed by atoms with Crippen LogP contribution in [0.1, 0.15) is 43.7 Å². The van der Waals surface area contributed by atoms with E-state index in [2.05, 4.69) is 21.4 Å². The number of hydrogen-bond donors (Lipinski definition) is 2. The molecular formula is C15H20BrFN2O. The zero-order valence-electron chi connectivity index (χ0n) is 11.4. The van der Waals surface area contributed by atoms with Gasteiger partial charge in [-0.05, 0) is 65.6 Å². The predicted molar refractivity (Wildman–Crippen MR) is 79.4 cm³/mol. The largest absolute Gasteiger partial charge is 0.375 e. The Morgan fingerprint density at radius 1 is 1.45 bits per heavy atom. The van der Waals surface area contributed by atoms with Gasteiger partial charge in [-0.15, -0.1) is 0 Å². The maximum Gasteiger partial charge on any atom is 0.137 e. The third kappa shape index (κ3) is 2.52. The van der Waals surface area contributed by atoms with E-state index in [1.807, 2.05) is 6.07 Å². The van der Waals surface area contributed by atoms with Gasteiger partial charge in [-0.3, -0.25) is 11.3 Å². The lowest BCUT2D eigenvalue weighted by Crippen LogP contribution is -2.48. The van der Waals surface area contributed by atoms with E-state index in [4.69, 9.17) is 10.6 Å². The fourth-order valence-corrected chi connectivity index (χ4v) is 4.02. The number of hydrogen-bond acceptors (Lipinski definition) is 3. The number of hydrazine groups is 1. The number of nitrogens with two attached hydrogens (primary N) is 1. The second kappa shape index (κ2) is 5.72. The molecule has 110 valence electrons. The van der Waals surface area contributed by atoms with Gasteiger partial charge in [0.05, 0.1) is 16.1 Å². The number of ether oxygens (including phenoxy) is 1. The predicted octanol–water partition coefficient (Wildman–Crippen LogP) is 3.44. The summed E-state index contributed by atoms with van der Waals surface area (Å²) in [6, 6.07) is 5.08. The first-order chi connectivity index (χ1) is 9.65. The van der Waals surface area contributed by atoms with Crippen molar-refractivity contribution < 1.29 is 9.13 Å². The molecule has 2 unspecified atom stereocenters. The van der Waals surface area contributed by atoms with Crippen LogP contribution in [-0.4, -0.2) is 12.2 Å². The molecule has 2 fully saturated rings. The topological polar surface area (TPSA) is 47.3 Å². The Kier molecular flexibility index (Phi) is 4.13. The molecule has 0 aromatic heterocycles. The highest BCUT2D eigenvalue weighted by Crippen LogP contribution is 2.47. The summed E-state index contributed by atoms with van der Waals surface area (Å²) >= 11 is 3.35. The highest BCUT2D eigenvalue weighted by molar-refractivity contribution is 9.10. The number of rotatable bonds is 3. The zero-order chi connectivity index (χ0) is 14.2. The lowest BCUT2D eigenvalue weighted by molar-refractivity contribution is -0.147. The van der Waals surface area contributed by atoms with Gasteiger partial charge < -0.3 is 4.74 Å². The molecule has 20 heavy (non-hydrogen) atoms. The molecule has 1 aliphatic heterocycles. The average Bonchev–Trinajstić information content (AvgIpc) is 2.43. The smallest absolute Gasteiger partial charge is 0.137 e. The molecule has 1 saturated heterocycles. The van der Waals surface area contributed by atoms with Crippen LogP contribution in [0.5, 0.6) is 0 Å². The lowest BCUT2D eigenvalue weighted by atomic mass is 9.70. The van der Waals surface area contributed by atoms with E-state index in [0.29, 0.717) is 10.4 Å². The Labute approximate surface area is 127 Å². The van der Waals surface area contributed by atoms with Crippen LogP contribution in [0.4, 0.5) is 4.39 Å². The van der Waals surface area contributed by atoms with Gasteiger partial charge in [0.2, 0.25) is 0 Å². The summed E-state index contributed by atoms with van der Waals surface area (Å²) in [5.41, 5.74) is 3.85. The maximum atomic E-state index is 13.7. The van der Waals surface area contributed by atoms with Gasteiger partial charge in [-0.2, -0.15) is 0 Å². The highest BCUT2D eigenvalue weighted by atomic mass is 79.9. The molecule has 2 atom stereocenters. The van der Waals surface area contributed by atoms with Crippen LogP contribution in [0.2, 0.25) is 0 Å². The minimum atomic E-state index is -0.242. The molecule has 1 aliphatic carbocycles. The van der Waals surface area contributed by atoms with Gasteiger partial charge in [0, 0.05) is 6.61 Å². The fraction of sp³-hybridized carbons (Fsp3) is 0.600. The molecule has 1 saturated carbocycles. The Morgan fingerprint density at radius 3 is 2.90 bits per heavy atom. The van der Waals surface area contributed by atoms with Crippen LogP contribution < -0.4 is 11.3 Å². The summed E-state index contributed by atoms with van der Waals surface area (Å²) in [6.45, 7) is 0.774. The van der Waals surface area contributed by atoms with Gasteiger partial charge in [0.25, 0.3) is 0 Å². The summed E-state index contributed by atoms with van der Waals surface area (Å²) in [7, 11) is 0. The molecule has 1 aromatic carbocycles. The van der Waals surface area contributed by atoms with Crippen molar-refractivity contribution in [1.82, 2.24) is 5.43 Å². The van der Waals surface area contributed by atoms with E-state index in [-0.39, 0.29) is 17.5 Å². The monoisotopic (exact) mass is 342 g/mol. The molecular weight excluding hydrogens is 323 g/mol. The molecule has 0 bridgehead atoms. The number of halogens is 2. The second-order valence-electron chi connectivity index (χ2n) is 5.93. The first-order valence-corrected chi connectivity index (χ1v) is 7.98. The van der Waals surface area contributed by atoms with E-state index in [0.717, 1.165) is 37.9 Å². The molecule has 5 heteroatoms. The van der Waals surface area contributed by atoms with Crippen molar-refractivity contribution in [2.45, 2.75) is 43.7 Å². The van der Waals surface area contributed by atoms with E-state index in [9.17, 15) is 4.39 Å². The van der Waals surface area contributed by atoms with Crippen LogP contribution in [-0.2, 0) is 4.74 Å². The van der Waals surface area contributed by atoms with Crippen molar-refractivity contribution in [3.63, 3.8) is 0 Å². The molecule has 3 N–H and O–H groups in total. The van der Waals surface area contributed by atoms with E-state index in [1.165, 1.54) is 12.5 Å². The Morgan fingerprint density at radius 2 is 2.25 bits per heavy atom. The zero-order valence-corrected chi connectivity index (χ0v) is 13.0. The molecule has 0 amide bonds. The van der Waals surface area contributed by atoms with Crippen LogP contribution in [0.25, 0.3) is 0 Å². The molecule has 1 heterocycles. The van der Waals surface area contributed by atoms with Crippen molar-refractivity contribution in [2.75, 3.05) is 6.61 Å². The van der Waals surface area contributed by atoms with Gasteiger partial charge in [-0.1, -0.05) is 12.1 Å². The first kappa shape index (κ1) is 14.4. The average molecular weight is 343 g/mol. The van der Waals surface area contributed by atoms with Crippen LogP contribution >= 0.6 is 15.9 Å². The summed E-state index contributed by atoms with van der Waals surface area (Å²) in [5, 5.41) is 0. The van der Waals surface area contributed by atoms with Gasteiger partial charge >= 0.3 is 0 Å². The molecule has 2 aliphatic rings. The number of nitrogens with one attached hydrogen (secondary N) is 1. The molecule has 1 aromatic rings. The first-order valence-electron chi connectivity index (χ1n) is 7.19. The standard InChI is InChI=1S/C15H20BrFN2O/c16-13-11(3-1-4-12(13)17)14(19-18)10-5-8-20-15(9-10)6-2-7-15/h1,3-4,10,14,19H,2,5-9,18H2.